The van der Waals surface area contributed by atoms with Gasteiger partial charge in [-0.3, -0.25) is 4.90 Å². The molecule has 0 aliphatic carbocycles. The molecule has 8 heteroatoms. The van der Waals surface area contributed by atoms with Crippen molar-refractivity contribution in [3.63, 3.8) is 0 Å². The van der Waals surface area contributed by atoms with Crippen molar-refractivity contribution >= 4 is 10.2 Å². The van der Waals surface area contributed by atoms with Crippen LogP contribution in [0.4, 0.5) is 0 Å². The van der Waals surface area contributed by atoms with Crippen LogP contribution in [-0.2, 0) is 16.8 Å². The Kier molecular flexibility index (Phi) is 4.04. The monoisotopic (exact) mass is 313 g/mol. The average Bonchev–Trinajstić information content (AvgIpc) is 2.76. The van der Waals surface area contributed by atoms with Crippen LogP contribution in [0.2, 0.25) is 0 Å². The van der Waals surface area contributed by atoms with Crippen molar-refractivity contribution in [1.29, 1.82) is 0 Å². The van der Waals surface area contributed by atoms with Crippen LogP contribution in [0, 0.1) is 5.92 Å². The molecular weight excluding hydrogens is 290 g/mol. The maximum atomic E-state index is 12.4. The summed E-state index contributed by atoms with van der Waals surface area (Å²) in [5.41, 5.74) is 0. The Balaban J connectivity index is 1.76. The summed E-state index contributed by atoms with van der Waals surface area (Å²) < 4.78 is 27.8. The average molecular weight is 313 g/mol. The van der Waals surface area contributed by atoms with Gasteiger partial charge in [0.25, 0.3) is 10.2 Å². The van der Waals surface area contributed by atoms with Crippen molar-refractivity contribution in [1.82, 2.24) is 23.5 Å². The van der Waals surface area contributed by atoms with Crippen molar-refractivity contribution in [2.45, 2.75) is 25.4 Å². The standard InChI is InChI=1S/C13H23N5O2S/c1-16(2)21(19,20)18-8-11-3-4-12(9-18)17(7-11)10-13-14-5-6-15-13/h5-6,11-12H,3-4,7-10H2,1-2H3,(H,14,15)/t11-,12-/m1/s1. The Bertz CT molecular complexity index is 571. The normalized spacial score (nSPS) is 28.1. The zero-order valence-electron chi connectivity index (χ0n) is 12.6. The van der Waals surface area contributed by atoms with E-state index in [-0.39, 0.29) is 6.04 Å². The molecule has 3 aliphatic heterocycles. The Morgan fingerprint density at radius 3 is 2.81 bits per heavy atom. The van der Waals surface area contributed by atoms with Crippen LogP contribution in [0.1, 0.15) is 18.7 Å². The van der Waals surface area contributed by atoms with Crippen molar-refractivity contribution in [2.24, 2.45) is 5.92 Å². The molecule has 0 saturated carbocycles. The zero-order chi connectivity index (χ0) is 15.0. The molecule has 0 unspecified atom stereocenters. The van der Waals surface area contributed by atoms with Gasteiger partial charge in [0.15, 0.2) is 0 Å². The van der Waals surface area contributed by atoms with Gasteiger partial charge in [-0.25, -0.2) is 4.98 Å². The minimum Gasteiger partial charge on any atom is -0.348 e. The van der Waals surface area contributed by atoms with E-state index < -0.39 is 10.2 Å². The Morgan fingerprint density at radius 2 is 2.14 bits per heavy atom. The highest BCUT2D eigenvalue weighted by atomic mass is 32.2. The lowest BCUT2D eigenvalue weighted by Gasteiger charge is -2.35. The van der Waals surface area contributed by atoms with Gasteiger partial charge in [-0.2, -0.15) is 17.0 Å². The molecule has 1 aromatic heterocycles. The topological polar surface area (TPSA) is 72.5 Å². The van der Waals surface area contributed by atoms with E-state index in [0.717, 1.165) is 31.8 Å². The minimum absolute atomic E-state index is 0.281. The third kappa shape index (κ3) is 2.98. The Hall–Kier alpha value is -0.960. The van der Waals surface area contributed by atoms with E-state index in [2.05, 4.69) is 14.9 Å². The molecule has 3 fully saturated rings. The fraction of sp³-hybridized carbons (Fsp3) is 0.769. The summed E-state index contributed by atoms with van der Waals surface area (Å²) in [5.74, 6) is 1.36. The van der Waals surface area contributed by atoms with Crippen molar-refractivity contribution < 1.29 is 8.42 Å². The molecule has 3 saturated heterocycles. The van der Waals surface area contributed by atoms with Crippen molar-refractivity contribution in [3.05, 3.63) is 18.2 Å². The summed E-state index contributed by atoms with van der Waals surface area (Å²) in [6.07, 6.45) is 5.76. The minimum atomic E-state index is -3.32. The van der Waals surface area contributed by atoms with Crippen LogP contribution in [0.5, 0.6) is 0 Å². The van der Waals surface area contributed by atoms with E-state index in [9.17, 15) is 8.42 Å². The number of nitrogens with zero attached hydrogens (tertiary/aromatic N) is 4. The third-order valence-corrected chi connectivity index (χ3v) is 6.36. The number of H-pyrrole nitrogens is 1. The summed E-state index contributed by atoms with van der Waals surface area (Å²) in [6, 6.07) is 0.281. The van der Waals surface area contributed by atoms with Gasteiger partial charge in [-0.1, -0.05) is 0 Å². The molecule has 7 nitrogen and oxygen atoms in total. The predicted octanol–water partition coefficient (Wildman–Crippen LogP) is 0.112. The lowest BCUT2D eigenvalue weighted by molar-refractivity contribution is 0.122. The second kappa shape index (κ2) is 5.68. The van der Waals surface area contributed by atoms with Gasteiger partial charge in [0.1, 0.15) is 5.82 Å². The molecule has 0 amide bonds. The van der Waals surface area contributed by atoms with Gasteiger partial charge in [-0.05, 0) is 18.8 Å². The molecule has 0 spiro atoms. The van der Waals surface area contributed by atoms with Gasteiger partial charge < -0.3 is 4.98 Å². The molecular formula is C13H23N5O2S. The summed E-state index contributed by atoms with van der Waals surface area (Å²) in [7, 11) is -0.118. The second-order valence-electron chi connectivity index (χ2n) is 6.17. The predicted molar refractivity (Wildman–Crippen MR) is 79.7 cm³/mol. The number of fused-ring (bicyclic) bond motifs is 4. The fourth-order valence-corrected chi connectivity index (χ4v) is 4.55. The quantitative estimate of drug-likeness (QED) is 0.856. The summed E-state index contributed by atoms with van der Waals surface area (Å²) in [6.45, 7) is 2.93. The molecule has 0 aromatic carbocycles. The molecule has 21 heavy (non-hydrogen) atoms. The Morgan fingerprint density at radius 1 is 1.33 bits per heavy atom. The highest BCUT2D eigenvalue weighted by Gasteiger charge is 2.39. The molecule has 4 heterocycles. The van der Waals surface area contributed by atoms with E-state index in [4.69, 9.17) is 0 Å². The van der Waals surface area contributed by atoms with Gasteiger partial charge in [-0.15, -0.1) is 0 Å². The molecule has 1 N–H and O–H groups in total. The van der Waals surface area contributed by atoms with Crippen LogP contribution in [0.15, 0.2) is 12.4 Å². The molecule has 4 rings (SSSR count). The number of nitrogens with one attached hydrogen (secondary N) is 1. The number of aromatic nitrogens is 2. The lowest BCUT2D eigenvalue weighted by Crippen LogP contribution is -2.46. The van der Waals surface area contributed by atoms with Crippen LogP contribution < -0.4 is 0 Å². The number of piperidine rings is 1. The molecule has 118 valence electrons. The Labute approximate surface area is 126 Å². The zero-order valence-corrected chi connectivity index (χ0v) is 13.4. The van der Waals surface area contributed by atoms with E-state index in [1.807, 2.05) is 6.20 Å². The molecule has 1 aromatic rings. The highest BCUT2D eigenvalue weighted by molar-refractivity contribution is 7.86. The van der Waals surface area contributed by atoms with Crippen molar-refractivity contribution in [2.75, 3.05) is 33.7 Å². The van der Waals surface area contributed by atoms with E-state index in [0.29, 0.717) is 19.0 Å². The maximum Gasteiger partial charge on any atom is 0.281 e. The number of hydrogen-bond donors (Lipinski definition) is 1. The molecule has 3 aliphatic rings. The first kappa shape index (κ1) is 15.0. The van der Waals surface area contributed by atoms with Crippen LogP contribution in [-0.4, -0.2) is 71.7 Å². The SMILES string of the molecule is CN(C)S(=O)(=O)N1C[C@@H]2CC[C@H](C1)N(Cc1ncc[nH]1)C2. The molecule has 2 atom stereocenters. The fourth-order valence-electron chi connectivity index (χ4n) is 3.33. The van der Waals surface area contributed by atoms with Crippen LogP contribution >= 0.6 is 0 Å². The smallest absolute Gasteiger partial charge is 0.281 e. The van der Waals surface area contributed by atoms with Crippen LogP contribution in [0.25, 0.3) is 0 Å². The van der Waals surface area contributed by atoms with E-state index in [1.54, 1.807) is 24.6 Å². The third-order valence-electron chi connectivity index (χ3n) is 4.49. The number of aromatic amines is 1. The first-order valence-electron chi connectivity index (χ1n) is 7.36. The molecule has 2 bridgehead atoms. The van der Waals surface area contributed by atoms with E-state index in [1.165, 1.54) is 4.31 Å². The summed E-state index contributed by atoms with van der Waals surface area (Å²) >= 11 is 0. The van der Waals surface area contributed by atoms with Gasteiger partial charge in [0.05, 0.1) is 6.54 Å². The number of hydrogen-bond acceptors (Lipinski definition) is 4. The van der Waals surface area contributed by atoms with Gasteiger partial charge >= 0.3 is 0 Å². The highest BCUT2D eigenvalue weighted by Crippen LogP contribution is 2.30. The maximum absolute atomic E-state index is 12.4. The van der Waals surface area contributed by atoms with Gasteiger partial charge in [0.2, 0.25) is 0 Å². The van der Waals surface area contributed by atoms with Crippen molar-refractivity contribution in [3.8, 4) is 0 Å². The second-order valence-corrected chi connectivity index (χ2v) is 8.31. The summed E-state index contributed by atoms with van der Waals surface area (Å²) in [4.78, 5) is 9.79. The number of imidazole rings is 1. The first-order valence-corrected chi connectivity index (χ1v) is 8.76. The van der Waals surface area contributed by atoms with E-state index >= 15 is 0 Å². The van der Waals surface area contributed by atoms with Gasteiger partial charge in [0, 0.05) is 52.2 Å². The summed E-state index contributed by atoms with van der Waals surface area (Å²) in [5, 5.41) is 0. The molecule has 0 radical (unpaired) electrons. The largest absolute Gasteiger partial charge is 0.348 e. The van der Waals surface area contributed by atoms with Crippen LogP contribution in [0.3, 0.4) is 0 Å². The number of rotatable bonds is 4. The first-order chi connectivity index (χ1) is 9.96. The lowest BCUT2D eigenvalue weighted by atomic mass is 9.95.